The smallest absolute Gasteiger partial charge is 0.425 e. The van der Waals surface area contributed by atoms with Gasteiger partial charge in [-0.2, -0.15) is 4.31 Å². The molecule has 4 rings (SSSR count). The van der Waals surface area contributed by atoms with E-state index in [0.29, 0.717) is 4.31 Å². The van der Waals surface area contributed by atoms with Gasteiger partial charge in [-0.3, -0.25) is 14.9 Å². The number of carbonyl (C=O) groups excluding carboxylic acids is 3. The van der Waals surface area contributed by atoms with Gasteiger partial charge in [-0.1, -0.05) is 39.0 Å². The van der Waals surface area contributed by atoms with E-state index >= 15 is 0 Å². The molecule has 0 aromatic heterocycles. The highest BCUT2D eigenvalue weighted by molar-refractivity contribution is 7.89. The van der Waals surface area contributed by atoms with Gasteiger partial charge in [0.2, 0.25) is 5.60 Å². The molecule has 0 saturated carbocycles. The highest BCUT2D eigenvalue weighted by atomic mass is 32.2. The van der Waals surface area contributed by atoms with Crippen molar-refractivity contribution in [3.8, 4) is 0 Å². The second-order valence-electron chi connectivity index (χ2n) is 12.2. The summed E-state index contributed by atoms with van der Waals surface area (Å²) in [7, 11) is -7.47. The first kappa shape index (κ1) is 32.0. The summed E-state index contributed by atoms with van der Waals surface area (Å²) in [6.45, 7) is 12.0. The average molecular weight is 631 g/mol. The lowest BCUT2D eigenvalue weighted by molar-refractivity contribution is -0.384. The first-order chi connectivity index (χ1) is 19.8. The molecule has 3 atom stereocenters. The molecule has 0 unspecified atom stereocenters. The summed E-state index contributed by atoms with van der Waals surface area (Å²) in [6, 6.07) is 10.6. The Kier molecular flexibility index (Phi) is 7.96. The van der Waals surface area contributed by atoms with E-state index in [-0.39, 0.29) is 21.9 Å². The van der Waals surface area contributed by atoms with Gasteiger partial charge in [0, 0.05) is 17.7 Å². The largest absolute Gasteiger partial charge is 0.458 e. The van der Waals surface area contributed by atoms with E-state index in [1.807, 2.05) is 33.9 Å². The van der Waals surface area contributed by atoms with Crippen LogP contribution < -0.4 is 0 Å². The number of hydrogen-bond acceptors (Lipinski definition) is 10. The Morgan fingerprint density at radius 1 is 1.09 bits per heavy atom. The summed E-state index contributed by atoms with van der Waals surface area (Å²) in [6.07, 6.45) is 0.0441. The quantitative estimate of drug-likeness (QED) is 0.159. The minimum atomic E-state index is -4.69. The van der Waals surface area contributed by atoms with Crippen molar-refractivity contribution < 1.29 is 41.6 Å². The van der Waals surface area contributed by atoms with E-state index in [1.54, 1.807) is 25.1 Å². The lowest BCUT2D eigenvalue weighted by atomic mass is 9.81. The van der Waals surface area contributed by atoms with E-state index in [1.165, 1.54) is 25.1 Å². The van der Waals surface area contributed by atoms with Crippen LogP contribution in [0.3, 0.4) is 0 Å². The van der Waals surface area contributed by atoms with E-state index < -0.39 is 69.9 Å². The van der Waals surface area contributed by atoms with E-state index in [0.717, 1.165) is 24.3 Å². The Labute approximate surface area is 250 Å². The number of fused-ring (bicyclic) bond motifs is 1. The van der Waals surface area contributed by atoms with Gasteiger partial charge < -0.3 is 13.9 Å². The third-order valence-corrected chi connectivity index (χ3v) is 14.8. The SMILES string of the molecule is CC(=O)C1=C[C@H]2N(S(=O)(=O)c3ccc([N+](=O)[O-])cc3)C(=O)O[C@@]2(COC(=O)c2ccccc2)[C@]1(C)O[Si](C)(C)C(C)(C)C. The summed E-state index contributed by atoms with van der Waals surface area (Å²) in [4.78, 5) is 49.8. The number of ketones is 1. The van der Waals surface area contributed by atoms with Crippen molar-refractivity contribution in [2.75, 3.05) is 6.61 Å². The summed E-state index contributed by atoms with van der Waals surface area (Å²) in [5.74, 6) is -1.21. The lowest BCUT2D eigenvalue weighted by Crippen LogP contribution is -2.65. The number of nitrogens with zero attached hydrogens (tertiary/aromatic N) is 2. The van der Waals surface area contributed by atoms with Crippen molar-refractivity contribution in [1.29, 1.82) is 0 Å². The van der Waals surface area contributed by atoms with Gasteiger partial charge in [-0.25, -0.2) is 18.0 Å². The molecule has 14 heteroatoms. The standard InChI is InChI=1S/C29H34N2O10SSi/c1-19(32)23-17-24-29(18-39-25(33)20-11-9-8-10-12-20,28(23,5)41-43(6,7)27(2,3)4)40-26(34)30(24)42(37,38)22-15-13-21(14-16-22)31(35)36/h8-17,24H,18H2,1-7H3/t24-,28-,29-/m1/s1. The van der Waals surface area contributed by atoms with Crippen molar-refractivity contribution in [2.24, 2.45) is 0 Å². The van der Waals surface area contributed by atoms with Crippen molar-refractivity contribution in [3.05, 3.63) is 81.9 Å². The normalized spacial score (nSPS) is 23.8. The molecule has 2 aromatic rings. The molecule has 0 radical (unpaired) electrons. The molecule has 230 valence electrons. The third kappa shape index (κ3) is 5.27. The molecule has 0 N–H and O–H groups in total. The number of non-ortho nitro benzene ring substituents is 1. The maximum Gasteiger partial charge on any atom is 0.425 e. The Balaban J connectivity index is 1.88. The van der Waals surface area contributed by atoms with Crippen molar-refractivity contribution in [3.63, 3.8) is 0 Å². The third-order valence-electron chi connectivity index (χ3n) is 8.50. The summed E-state index contributed by atoms with van der Waals surface area (Å²) in [5, 5.41) is 10.7. The Morgan fingerprint density at radius 3 is 2.19 bits per heavy atom. The molecule has 2 aromatic carbocycles. The van der Waals surface area contributed by atoms with Gasteiger partial charge in [-0.05, 0) is 62.3 Å². The van der Waals surface area contributed by atoms with Gasteiger partial charge in [0.25, 0.3) is 15.7 Å². The zero-order valence-electron chi connectivity index (χ0n) is 24.9. The molecule has 1 aliphatic carbocycles. The molecule has 2 aliphatic rings. The number of ether oxygens (including phenoxy) is 2. The summed E-state index contributed by atoms with van der Waals surface area (Å²) in [5.41, 5.74) is -3.79. The first-order valence-corrected chi connectivity index (χ1v) is 17.8. The number of amides is 1. The molecule has 1 fully saturated rings. The Hall–Kier alpha value is -3.88. The fourth-order valence-corrected chi connectivity index (χ4v) is 8.21. The van der Waals surface area contributed by atoms with Crippen molar-refractivity contribution >= 4 is 41.9 Å². The maximum absolute atomic E-state index is 13.9. The fraction of sp³-hybridized carbons (Fsp3) is 0.414. The number of Topliss-reactive ketones (excluding diaryl/α,β-unsaturated/α-hetero) is 1. The molecule has 1 heterocycles. The molecule has 12 nitrogen and oxygen atoms in total. The first-order valence-electron chi connectivity index (χ1n) is 13.5. The predicted molar refractivity (Wildman–Crippen MR) is 157 cm³/mol. The van der Waals surface area contributed by atoms with Gasteiger partial charge in [0.15, 0.2) is 14.1 Å². The number of carbonyl (C=O) groups is 3. The van der Waals surface area contributed by atoms with Crippen LogP contribution in [0, 0.1) is 10.1 Å². The van der Waals surface area contributed by atoms with Gasteiger partial charge in [-0.15, -0.1) is 0 Å². The van der Waals surface area contributed by atoms with Crippen LogP contribution in [-0.2, 0) is 28.7 Å². The predicted octanol–water partition coefficient (Wildman–Crippen LogP) is 5.01. The van der Waals surface area contributed by atoms with Crippen LogP contribution in [0.25, 0.3) is 0 Å². The molecular formula is C29H34N2O10SSi. The van der Waals surface area contributed by atoms with E-state index in [9.17, 15) is 32.9 Å². The number of nitro benzene ring substituents is 1. The number of rotatable bonds is 9. The number of nitro groups is 1. The topological polar surface area (TPSA) is 159 Å². The van der Waals surface area contributed by atoms with Crippen LogP contribution in [0.1, 0.15) is 45.0 Å². The molecule has 1 aliphatic heterocycles. The van der Waals surface area contributed by atoms with Crippen LogP contribution in [-0.4, -0.2) is 67.7 Å². The number of benzene rings is 2. The molecule has 43 heavy (non-hydrogen) atoms. The van der Waals surface area contributed by atoms with Gasteiger partial charge in [0.05, 0.1) is 15.4 Å². The van der Waals surface area contributed by atoms with Gasteiger partial charge >= 0.3 is 12.1 Å². The van der Waals surface area contributed by atoms with Crippen molar-refractivity contribution in [2.45, 2.75) is 74.9 Å². The molecular weight excluding hydrogens is 596 g/mol. The minimum absolute atomic E-state index is 0.0643. The molecule has 0 spiro atoms. The number of sulfonamides is 1. The maximum atomic E-state index is 13.9. The van der Waals surface area contributed by atoms with Gasteiger partial charge in [0.1, 0.15) is 18.2 Å². The Morgan fingerprint density at radius 2 is 1.67 bits per heavy atom. The molecule has 1 amide bonds. The summed E-state index contributed by atoms with van der Waals surface area (Å²) < 4.78 is 46.7. The second-order valence-corrected chi connectivity index (χ2v) is 18.8. The molecule has 0 bridgehead atoms. The summed E-state index contributed by atoms with van der Waals surface area (Å²) >= 11 is 0. The van der Waals surface area contributed by atoms with Crippen molar-refractivity contribution in [1.82, 2.24) is 4.31 Å². The highest BCUT2D eigenvalue weighted by Gasteiger charge is 2.73. The van der Waals surface area contributed by atoms with Crippen LogP contribution in [0.4, 0.5) is 10.5 Å². The van der Waals surface area contributed by atoms with Crippen LogP contribution >= 0.6 is 0 Å². The average Bonchev–Trinajstić information content (AvgIpc) is 3.34. The molecule has 1 saturated heterocycles. The van der Waals surface area contributed by atoms with Crippen LogP contribution in [0.15, 0.2) is 71.1 Å². The fourth-order valence-electron chi connectivity index (χ4n) is 5.13. The zero-order chi connectivity index (χ0) is 32.2. The number of hydrogen-bond donors (Lipinski definition) is 0. The lowest BCUT2D eigenvalue weighted by Gasteiger charge is -2.49. The Bertz CT molecular complexity index is 1620. The number of esters is 1. The van der Waals surface area contributed by atoms with E-state index in [4.69, 9.17) is 13.9 Å². The highest BCUT2D eigenvalue weighted by Crippen LogP contribution is 2.55. The van der Waals surface area contributed by atoms with E-state index in [2.05, 4.69) is 0 Å². The minimum Gasteiger partial charge on any atom is -0.458 e. The zero-order valence-corrected chi connectivity index (χ0v) is 26.8. The second kappa shape index (κ2) is 10.7. The van der Waals surface area contributed by atoms with Crippen LogP contribution in [0.5, 0.6) is 0 Å². The van der Waals surface area contributed by atoms with Crippen LogP contribution in [0.2, 0.25) is 18.1 Å². The monoisotopic (exact) mass is 630 g/mol.